The predicted octanol–water partition coefficient (Wildman–Crippen LogP) is 5.28. The molecule has 0 aliphatic heterocycles. The molecule has 2 aliphatic rings. The highest BCUT2D eigenvalue weighted by atomic mass is 16.6. The summed E-state index contributed by atoms with van der Waals surface area (Å²) in [4.78, 5) is 25.4. The van der Waals surface area contributed by atoms with Gasteiger partial charge >= 0.3 is 11.9 Å². The van der Waals surface area contributed by atoms with Gasteiger partial charge in [-0.2, -0.15) is 0 Å². The largest absolute Gasteiger partial charge is 0.462 e. The van der Waals surface area contributed by atoms with Gasteiger partial charge in [-0.3, -0.25) is 9.59 Å². The first-order valence-electron chi connectivity index (χ1n) is 10.5. The topological polar surface area (TPSA) is 52.6 Å². The van der Waals surface area contributed by atoms with Crippen LogP contribution in [0.2, 0.25) is 0 Å². The molecule has 2 saturated carbocycles. The number of carbonyl (C=O) groups is 2. The zero-order valence-electron chi connectivity index (χ0n) is 17.6. The molecular formula is C22H38O4. The van der Waals surface area contributed by atoms with Crippen LogP contribution in [0, 0.1) is 23.2 Å². The number of esters is 2. The van der Waals surface area contributed by atoms with Crippen LogP contribution in [-0.4, -0.2) is 23.6 Å². The second-order valence-electron chi connectivity index (χ2n) is 9.51. The Kier molecular flexibility index (Phi) is 6.79. The number of hydrogen-bond acceptors (Lipinski definition) is 4. The molecule has 0 saturated heterocycles. The minimum absolute atomic E-state index is 0.0399. The fourth-order valence-corrected chi connectivity index (χ4v) is 4.22. The Morgan fingerprint density at radius 2 is 1.50 bits per heavy atom. The van der Waals surface area contributed by atoms with Crippen LogP contribution < -0.4 is 0 Å². The fraction of sp³-hybridized carbons (Fsp3) is 0.909. The Balaban J connectivity index is 2.08. The molecule has 0 aromatic rings. The quantitative estimate of drug-likeness (QED) is 0.600. The molecule has 0 N–H and O–H groups in total. The lowest BCUT2D eigenvalue weighted by Gasteiger charge is -2.45. The van der Waals surface area contributed by atoms with E-state index >= 15 is 0 Å². The van der Waals surface area contributed by atoms with E-state index in [-0.39, 0.29) is 24.0 Å². The summed E-state index contributed by atoms with van der Waals surface area (Å²) < 4.78 is 11.8. The average molecular weight is 367 g/mol. The molecular weight excluding hydrogens is 328 g/mol. The number of fused-ring (bicyclic) bond motifs is 1. The summed E-state index contributed by atoms with van der Waals surface area (Å²) >= 11 is 0. The molecule has 150 valence electrons. The van der Waals surface area contributed by atoms with Crippen molar-refractivity contribution in [3.63, 3.8) is 0 Å². The SMILES string of the molecule is CCC(C)(C)OC(=O)C1CCC(OC(=O)C(C)(C)CC)C2CCCCC12. The van der Waals surface area contributed by atoms with Crippen LogP contribution in [0.15, 0.2) is 0 Å². The summed E-state index contributed by atoms with van der Waals surface area (Å²) in [6.45, 7) is 11.9. The van der Waals surface area contributed by atoms with Gasteiger partial charge in [0.2, 0.25) is 0 Å². The van der Waals surface area contributed by atoms with E-state index in [0.29, 0.717) is 11.8 Å². The van der Waals surface area contributed by atoms with Gasteiger partial charge in [0.1, 0.15) is 11.7 Å². The van der Waals surface area contributed by atoms with Crippen LogP contribution in [0.1, 0.15) is 92.9 Å². The normalized spacial score (nSPS) is 29.6. The van der Waals surface area contributed by atoms with E-state index in [9.17, 15) is 9.59 Å². The van der Waals surface area contributed by atoms with Gasteiger partial charge in [0, 0.05) is 0 Å². The van der Waals surface area contributed by atoms with Crippen molar-refractivity contribution < 1.29 is 19.1 Å². The average Bonchev–Trinajstić information content (AvgIpc) is 2.61. The monoisotopic (exact) mass is 366 g/mol. The second kappa shape index (κ2) is 8.31. The predicted molar refractivity (Wildman–Crippen MR) is 103 cm³/mol. The molecule has 0 radical (unpaired) electrons. The third-order valence-corrected chi connectivity index (χ3v) is 6.86. The molecule has 26 heavy (non-hydrogen) atoms. The van der Waals surface area contributed by atoms with Gasteiger partial charge in [0.25, 0.3) is 0 Å². The lowest BCUT2D eigenvalue weighted by molar-refractivity contribution is -0.177. The van der Waals surface area contributed by atoms with Crippen LogP contribution in [0.25, 0.3) is 0 Å². The maximum atomic E-state index is 12.8. The number of rotatable bonds is 6. The molecule has 2 fully saturated rings. The third kappa shape index (κ3) is 4.80. The van der Waals surface area contributed by atoms with Crippen molar-refractivity contribution in [2.45, 2.75) is 105 Å². The standard InChI is InChI=1S/C22H38O4/c1-7-21(3,4)20(24)25-18-14-13-17(15-11-9-10-12-16(15)18)19(23)26-22(5,6)8-2/h15-18H,7-14H2,1-6H3. The summed E-state index contributed by atoms with van der Waals surface area (Å²) in [7, 11) is 0. The molecule has 2 rings (SSSR count). The van der Waals surface area contributed by atoms with Crippen LogP contribution in [0.4, 0.5) is 0 Å². The van der Waals surface area contributed by atoms with E-state index < -0.39 is 11.0 Å². The molecule has 4 atom stereocenters. The summed E-state index contributed by atoms with van der Waals surface area (Å²) in [5, 5.41) is 0. The van der Waals surface area contributed by atoms with E-state index in [2.05, 4.69) is 0 Å². The first-order chi connectivity index (χ1) is 12.1. The van der Waals surface area contributed by atoms with Crippen molar-refractivity contribution in [2.24, 2.45) is 23.2 Å². The zero-order valence-corrected chi connectivity index (χ0v) is 17.6. The van der Waals surface area contributed by atoms with E-state index in [1.165, 1.54) is 0 Å². The number of ether oxygens (including phenoxy) is 2. The lowest BCUT2D eigenvalue weighted by atomic mass is 9.64. The third-order valence-electron chi connectivity index (χ3n) is 6.86. The Morgan fingerprint density at radius 1 is 0.885 bits per heavy atom. The molecule has 0 heterocycles. The van der Waals surface area contributed by atoms with Crippen molar-refractivity contribution in [1.29, 1.82) is 0 Å². The highest BCUT2D eigenvalue weighted by molar-refractivity contribution is 5.76. The van der Waals surface area contributed by atoms with Gasteiger partial charge in [-0.05, 0) is 78.1 Å². The Labute approximate surface area is 159 Å². The minimum atomic E-state index is -0.439. The van der Waals surface area contributed by atoms with Crippen LogP contribution in [-0.2, 0) is 19.1 Å². The van der Waals surface area contributed by atoms with Crippen molar-refractivity contribution in [3.8, 4) is 0 Å². The molecule has 0 bridgehead atoms. The summed E-state index contributed by atoms with van der Waals surface area (Å²) in [6, 6.07) is 0. The minimum Gasteiger partial charge on any atom is -0.462 e. The van der Waals surface area contributed by atoms with E-state index in [0.717, 1.165) is 51.4 Å². The van der Waals surface area contributed by atoms with Gasteiger partial charge in [-0.1, -0.05) is 26.7 Å². The highest BCUT2D eigenvalue weighted by Crippen LogP contribution is 2.46. The Bertz CT molecular complexity index is 508. The molecule has 2 aliphatic carbocycles. The van der Waals surface area contributed by atoms with Crippen LogP contribution in [0.5, 0.6) is 0 Å². The molecule has 0 aromatic heterocycles. The van der Waals surface area contributed by atoms with E-state index in [4.69, 9.17) is 9.47 Å². The summed E-state index contributed by atoms with van der Waals surface area (Å²) in [6.07, 6.45) is 7.50. The lowest BCUT2D eigenvalue weighted by Crippen LogP contribution is -2.47. The van der Waals surface area contributed by atoms with Gasteiger partial charge in [-0.15, -0.1) is 0 Å². The van der Waals surface area contributed by atoms with Crippen LogP contribution in [0.3, 0.4) is 0 Å². The molecule has 0 amide bonds. The van der Waals surface area contributed by atoms with E-state index in [1.54, 1.807) is 0 Å². The first-order valence-corrected chi connectivity index (χ1v) is 10.5. The van der Waals surface area contributed by atoms with Gasteiger partial charge in [0.05, 0.1) is 11.3 Å². The summed E-state index contributed by atoms with van der Waals surface area (Å²) in [5.74, 6) is 0.409. The van der Waals surface area contributed by atoms with Crippen LogP contribution >= 0.6 is 0 Å². The van der Waals surface area contributed by atoms with Gasteiger partial charge in [0.15, 0.2) is 0 Å². The number of hydrogen-bond donors (Lipinski definition) is 0. The number of carbonyl (C=O) groups excluding carboxylic acids is 2. The summed E-state index contributed by atoms with van der Waals surface area (Å²) in [5.41, 5.74) is -0.846. The molecule has 4 nitrogen and oxygen atoms in total. The smallest absolute Gasteiger partial charge is 0.311 e. The van der Waals surface area contributed by atoms with E-state index in [1.807, 2.05) is 41.5 Å². The maximum absolute atomic E-state index is 12.8. The molecule has 4 unspecified atom stereocenters. The molecule has 0 spiro atoms. The van der Waals surface area contributed by atoms with Gasteiger partial charge in [-0.25, -0.2) is 0 Å². The Morgan fingerprint density at radius 3 is 2.08 bits per heavy atom. The highest BCUT2D eigenvalue weighted by Gasteiger charge is 2.47. The Hall–Kier alpha value is -1.06. The van der Waals surface area contributed by atoms with Crippen molar-refractivity contribution in [2.75, 3.05) is 0 Å². The van der Waals surface area contributed by atoms with Crippen molar-refractivity contribution >= 4 is 11.9 Å². The first kappa shape index (κ1) is 21.2. The fourth-order valence-electron chi connectivity index (χ4n) is 4.22. The maximum Gasteiger partial charge on any atom is 0.311 e. The van der Waals surface area contributed by atoms with Gasteiger partial charge < -0.3 is 9.47 Å². The second-order valence-corrected chi connectivity index (χ2v) is 9.51. The van der Waals surface area contributed by atoms with Crippen molar-refractivity contribution in [3.05, 3.63) is 0 Å². The molecule has 0 aromatic carbocycles. The zero-order chi connectivity index (χ0) is 19.5. The van der Waals surface area contributed by atoms with Crippen molar-refractivity contribution in [1.82, 2.24) is 0 Å². The molecule has 4 heteroatoms.